The first-order valence-corrected chi connectivity index (χ1v) is 8.12. The highest BCUT2D eigenvalue weighted by Crippen LogP contribution is 2.11. The van der Waals surface area contributed by atoms with Crippen molar-refractivity contribution in [3.8, 4) is 0 Å². The molecule has 89 valence electrons. The van der Waals surface area contributed by atoms with Gasteiger partial charge < -0.3 is 0 Å². The first-order valence-electron chi connectivity index (χ1n) is 6.73. The van der Waals surface area contributed by atoms with Crippen LogP contribution in [0.25, 0.3) is 10.8 Å². The molecular formula is C16H21Si. The summed E-state index contributed by atoms with van der Waals surface area (Å²) < 4.78 is 0. The standard InChI is InChI=1S/C16H21Si/c1-2-3-4-7-13-17-16-12-8-10-14-9-5-6-11-15(14)16/h5-6,8-12,17H,2-4,7,13H2,1H3. The van der Waals surface area contributed by atoms with Crippen LogP contribution in [0.3, 0.4) is 0 Å². The molecule has 0 atom stereocenters. The van der Waals surface area contributed by atoms with Crippen LogP contribution in [0.15, 0.2) is 42.5 Å². The number of rotatable bonds is 6. The highest BCUT2D eigenvalue weighted by molar-refractivity contribution is 6.57. The van der Waals surface area contributed by atoms with Gasteiger partial charge in [-0.3, -0.25) is 0 Å². The maximum atomic E-state index is 2.32. The van der Waals surface area contributed by atoms with E-state index in [1.807, 2.05) is 0 Å². The summed E-state index contributed by atoms with van der Waals surface area (Å²) in [4.78, 5) is 0. The average Bonchev–Trinajstić information content (AvgIpc) is 2.39. The summed E-state index contributed by atoms with van der Waals surface area (Å²) in [5, 5.41) is 4.46. The zero-order chi connectivity index (χ0) is 11.9. The number of benzene rings is 2. The molecule has 2 rings (SSSR count). The van der Waals surface area contributed by atoms with Crippen LogP contribution in [-0.4, -0.2) is 9.52 Å². The van der Waals surface area contributed by atoms with Crippen LogP contribution in [0.4, 0.5) is 0 Å². The SMILES string of the molecule is CCCCCC[SiH]c1cccc2ccccc12. The molecule has 0 amide bonds. The van der Waals surface area contributed by atoms with Gasteiger partial charge in [-0.25, -0.2) is 0 Å². The van der Waals surface area contributed by atoms with Crippen molar-refractivity contribution in [1.29, 1.82) is 0 Å². The first kappa shape index (κ1) is 12.4. The van der Waals surface area contributed by atoms with Crippen molar-refractivity contribution in [3.05, 3.63) is 42.5 Å². The summed E-state index contributed by atoms with van der Waals surface area (Å²) in [5.41, 5.74) is 0. The average molecular weight is 241 g/mol. The van der Waals surface area contributed by atoms with Crippen molar-refractivity contribution in [2.45, 2.75) is 38.7 Å². The van der Waals surface area contributed by atoms with Crippen molar-refractivity contribution < 1.29 is 0 Å². The largest absolute Gasteiger partial charge is 0.0676 e. The maximum absolute atomic E-state index is 2.32. The second-order valence-corrected chi connectivity index (χ2v) is 6.23. The molecule has 0 heterocycles. The Morgan fingerprint density at radius 3 is 2.59 bits per heavy atom. The molecule has 0 fully saturated rings. The van der Waals surface area contributed by atoms with Crippen LogP contribution >= 0.6 is 0 Å². The number of hydrogen-bond acceptors (Lipinski definition) is 0. The van der Waals surface area contributed by atoms with E-state index < -0.39 is 0 Å². The van der Waals surface area contributed by atoms with Crippen molar-refractivity contribution in [1.82, 2.24) is 0 Å². The Morgan fingerprint density at radius 1 is 0.882 bits per heavy atom. The van der Waals surface area contributed by atoms with Crippen LogP contribution in [0, 0.1) is 0 Å². The Balaban J connectivity index is 1.98. The Kier molecular flexibility index (Phi) is 4.81. The topological polar surface area (TPSA) is 0 Å². The highest BCUT2D eigenvalue weighted by Gasteiger charge is 2.00. The summed E-state index contributed by atoms with van der Waals surface area (Å²) in [6.07, 6.45) is 5.55. The predicted molar refractivity (Wildman–Crippen MR) is 79.7 cm³/mol. The van der Waals surface area contributed by atoms with Gasteiger partial charge in [0.1, 0.15) is 0 Å². The summed E-state index contributed by atoms with van der Waals surface area (Å²) >= 11 is 0. The first-order chi connectivity index (χ1) is 8.42. The molecule has 0 aliphatic rings. The summed E-state index contributed by atoms with van der Waals surface area (Å²) in [6.45, 7) is 2.28. The predicted octanol–water partition coefficient (Wildman–Crippen LogP) is 3.90. The van der Waals surface area contributed by atoms with E-state index in [9.17, 15) is 0 Å². The fourth-order valence-electron chi connectivity index (χ4n) is 2.26. The second-order valence-electron chi connectivity index (χ2n) is 4.62. The lowest BCUT2D eigenvalue weighted by atomic mass is 10.1. The zero-order valence-corrected chi connectivity index (χ0v) is 11.8. The second kappa shape index (κ2) is 6.60. The molecule has 0 aromatic heterocycles. The molecule has 0 aliphatic heterocycles. The van der Waals surface area contributed by atoms with Gasteiger partial charge in [-0.2, -0.15) is 0 Å². The van der Waals surface area contributed by atoms with E-state index in [-0.39, 0.29) is 0 Å². The smallest absolute Gasteiger partial charge is 0.0654 e. The van der Waals surface area contributed by atoms with Gasteiger partial charge in [0.25, 0.3) is 0 Å². The van der Waals surface area contributed by atoms with Crippen LogP contribution < -0.4 is 5.19 Å². The molecule has 0 aliphatic carbocycles. The van der Waals surface area contributed by atoms with E-state index in [4.69, 9.17) is 0 Å². The fraction of sp³-hybridized carbons (Fsp3) is 0.375. The lowest BCUT2D eigenvalue weighted by Gasteiger charge is -2.05. The summed E-state index contributed by atoms with van der Waals surface area (Å²) in [5.74, 6) is 0. The van der Waals surface area contributed by atoms with Crippen LogP contribution in [-0.2, 0) is 0 Å². The molecule has 0 N–H and O–H groups in total. The lowest BCUT2D eigenvalue weighted by molar-refractivity contribution is 0.701. The van der Waals surface area contributed by atoms with Crippen molar-refractivity contribution in [2.24, 2.45) is 0 Å². The molecule has 1 heteroatoms. The molecule has 2 aromatic carbocycles. The Morgan fingerprint density at radius 2 is 1.71 bits per heavy atom. The minimum atomic E-state index is 0.454. The van der Waals surface area contributed by atoms with E-state index in [0.29, 0.717) is 9.52 Å². The summed E-state index contributed by atoms with van der Waals surface area (Å²) in [6, 6.07) is 16.9. The third-order valence-electron chi connectivity index (χ3n) is 3.25. The molecule has 0 nitrogen and oxygen atoms in total. The van der Waals surface area contributed by atoms with Crippen molar-refractivity contribution in [2.75, 3.05) is 0 Å². The van der Waals surface area contributed by atoms with Gasteiger partial charge >= 0.3 is 0 Å². The molecule has 17 heavy (non-hydrogen) atoms. The van der Waals surface area contributed by atoms with Gasteiger partial charge in [0.2, 0.25) is 0 Å². The molecule has 2 aromatic rings. The molecule has 0 unspecified atom stereocenters. The molecule has 0 spiro atoms. The molecule has 1 radical (unpaired) electrons. The third-order valence-corrected chi connectivity index (χ3v) is 4.89. The normalized spacial score (nSPS) is 10.9. The molecule has 0 bridgehead atoms. The highest BCUT2D eigenvalue weighted by atomic mass is 28.2. The molecule has 0 saturated heterocycles. The molecular weight excluding hydrogens is 220 g/mol. The van der Waals surface area contributed by atoms with Crippen molar-refractivity contribution >= 4 is 25.5 Å². The monoisotopic (exact) mass is 241 g/mol. The summed E-state index contributed by atoms with van der Waals surface area (Å²) in [7, 11) is 0.454. The van der Waals surface area contributed by atoms with Crippen LogP contribution in [0.5, 0.6) is 0 Å². The van der Waals surface area contributed by atoms with Crippen molar-refractivity contribution in [3.63, 3.8) is 0 Å². The zero-order valence-electron chi connectivity index (χ0n) is 10.7. The Bertz CT molecular complexity index is 457. The van der Waals surface area contributed by atoms with E-state index in [0.717, 1.165) is 0 Å². The number of unbranched alkanes of at least 4 members (excludes halogenated alkanes) is 3. The van der Waals surface area contributed by atoms with Crippen LogP contribution in [0.2, 0.25) is 6.04 Å². The third kappa shape index (κ3) is 3.44. The lowest BCUT2D eigenvalue weighted by Crippen LogP contribution is -2.14. The number of fused-ring (bicyclic) bond motifs is 1. The van der Waals surface area contributed by atoms with Gasteiger partial charge in [-0.15, -0.1) is 0 Å². The Labute approximate surface area is 107 Å². The van der Waals surface area contributed by atoms with E-state index in [1.54, 1.807) is 5.19 Å². The van der Waals surface area contributed by atoms with Gasteiger partial charge in [-0.1, -0.05) is 86.3 Å². The van der Waals surface area contributed by atoms with E-state index in [1.165, 1.54) is 42.5 Å². The minimum Gasteiger partial charge on any atom is -0.0654 e. The van der Waals surface area contributed by atoms with Gasteiger partial charge in [0.15, 0.2) is 0 Å². The quantitative estimate of drug-likeness (QED) is 0.531. The van der Waals surface area contributed by atoms with E-state index >= 15 is 0 Å². The Hall–Kier alpha value is -1.08. The number of hydrogen-bond donors (Lipinski definition) is 0. The van der Waals surface area contributed by atoms with Gasteiger partial charge in [0, 0.05) is 0 Å². The minimum absolute atomic E-state index is 0.454. The van der Waals surface area contributed by atoms with Gasteiger partial charge in [0.05, 0.1) is 9.52 Å². The molecule has 0 saturated carbocycles. The maximum Gasteiger partial charge on any atom is 0.0676 e. The van der Waals surface area contributed by atoms with Crippen LogP contribution in [0.1, 0.15) is 32.6 Å². The van der Waals surface area contributed by atoms with Gasteiger partial charge in [-0.05, 0) is 10.8 Å². The van der Waals surface area contributed by atoms with E-state index in [2.05, 4.69) is 49.4 Å². The fourth-order valence-corrected chi connectivity index (χ4v) is 3.79.